The van der Waals surface area contributed by atoms with E-state index >= 15 is 0 Å². The number of aromatic nitrogens is 2. The smallest absolute Gasteiger partial charge is 0.320 e. The molecule has 4 aromatic rings. The summed E-state index contributed by atoms with van der Waals surface area (Å²) in [5.74, 6) is 0.0932. The Balaban J connectivity index is 1.39. The lowest BCUT2D eigenvalue weighted by atomic mass is 10.0. The summed E-state index contributed by atoms with van der Waals surface area (Å²) in [5, 5.41) is 13.2. The van der Waals surface area contributed by atoms with Gasteiger partial charge in [-0.15, -0.1) is 5.10 Å². The zero-order valence-corrected chi connectivity index (χ0v) is 20.7. The number of hydrogen-bond acceptors (Lipinski definition) is 6. The van der Waals surface area contributed by atoms with Gasteiger partial charge in [-0.3, -0.25) is 4.90 Å². The maximum atomic E-state index is 13.2. The van der Waals surface area contributed by atoms with Crippen molar-refractivity contribution in [3.63, 3.8) is 0 Å². The van der Waals surface area contributed by atoms with Gasteiger partial charge in [0.05, 0.1) is 15.7 Å². The molecule has 0 spiro atoms. The van der Waals surface area contributed by atoms with E-state index < -0.39 is 0 Å². The molecule has 0 saturated carbocycles. The minimum Gasteiger partial charge on any atom is -0.406 e. The number of halogens is 4. The maximum Gasteiger partial charge on any atom is 0.320 e. The van der Waals surface area contributed by atoms with Crippen LogP contribution in [-0.2, 0) is 0 Å². The predicted octanol–water partition coefficient (Wildman–Crippen LogP) is 6.82. The Labute approximate surface area is 217 Å². The van der Waals surface area contributed by atoms with Gasteiger partial charge < -0.3 is 14.6 Å². The van der Waals surface area contributed by atoms with Gasteiger partial charge in [0.25, 0.3) is 0 Å². The van der Waals surface area contributed by atoms with E-state index in [0.717, 1.165) is 24.3 Å². The van der Waals surface area contributed by atoms with Crippen molar-refractivity contribution in [3.05, 3.63) is 99.1 Å². The van der Waals surface area contributed by atoms with Gasteiger partial charge in [0.15, 0.2) is 0 Å². The second kappa shape index (κ2) is 10.4. The lowest BCUT2D eigenvalue weighted by molar-refractivity contribution is 0.188. The molecule has 3 aromatic carbocycles. The average molecular weight is 533 g/mol. The Morgan fingerprint density at radius 2 is 1.54 bits per heavy atom. The summed E-state index contributed by atoms with van der Waals surface area (Å²) in [7, 11) is 0. The van der Waals surface area contributed by atoms with E-state index in [1.54, 1.807) is 18.2 Å². The first-order chi connectivity index (χ1) is 17.0. The summed E-state index contributed by atoms with van der Waals surface area (Å²) in [6.45, 7) is 2.88. The quantitative estimate of drug-likeness (QED) is 0.294. The topological polar surface area (TPSA) is 57.4 Å². The molecule has 0 radical (unpaired) electrons. The van der Waals surface area contributed by atoms with E-state index in [9.17, 15) is 4.39 Å². The van der Waals surface area contributed by atoms with Crippen molar-refractivity contribution in [3.8, 4) is 0 Å². The summed E-state index contributed by atoms with van der Waals surface area (Å²) in [5.41, 5.74) is 2.43. The highest BCUT2D eigenvalue weighted by atomic mass is 35.5. The zero-order valence-electron chi connectivity index (χ0n) is 18.5. The molecule has 2 heterocycles. The molecule has 1 fully saturated rings. The molecule has 1 saturated heterocycles. The number of benzene rings is 3. The highest BCUT2D eigenvalue weighted by Gasteiger charge is 2.32. The highest BCUT2D eigenvalue weighted by Crippen LogP contribution is 2.37. The van der Waals surface area contributed by atoms with Crippen LogP contribution >= 0.6 is 34.8 Å². The Morgan fingerprint density at radius 1 is 0.829 bits per heavy atom. The first kappa shape index (κ1) is 23.9. The molecular formula is C25H21Cl3FN5O. The summed E-state index contributed by atoms with van der Waals surface area (Å²) in [4.78, 5) is 4.47. The Bertz CT molecular complexity index is 1310. The number of rotatable bonds is 6. The third-order valence-electron chi connectivity index (χ3n) is 5.92. The number of nitrogens with one attached hydrogen (secondary N) is 1. The molecule has 1 atom stereocenters. The van der Waals surface area contributed by atoms with Crippen molar-refractivity contribution in [2.75, 3.05) is 36.4 Å². The van der Waals surface area contributed by atoms with Crippen LogP contribution in [0.1, 0.15) is 17.5 Å². The van der Waals surface area contributed by atoms with Gasteiger partial charge in [-0.2, -0.15) is 0 Å². The monoisotopic (exact) mass is 531 g/mol. The maximum absolute atomic E-state index is 13.2. The number of piperazine rings is 1. The molecule has 0 bridgehead atoms. The molecule has 1 aliphatic heterocycles. The van der Waals surface area contributed by atoms with Crippen molar-refractivity contribution in [1.82, 2.24) is 15.1 Å². The fourth-order valence-corrected chi connectivity index (χ4v) is 4.85. The Kier molecular flexibility index (Phi) is 7.11. The number of anilines is 3. The van der Waals surface area contributed by atoms with Crippen molar-refractivity contribution in [2.45, 2.75) is 6.04 Å². The lowest BCUT2D eigenvalue weighted by Gasteiger charge is -2.39. The fourth-order valence-electron chi connectivity index (χ4n) is 4.19. The van der Waals surface area contributed by atoms with Crippen LogP contribution in [0.25, 0.3) is 0 Å². The zero-order chi connectivity index (χ0) is 24.4. The van der Waals surface area contributed by atoms with Gasteiger partial charge >= 0.3 is 6.01 Å². The molecule has 0 aliphatic carbocycles. The van der Waals surface area contributed by atoms with Crippen LogP contribution in [0, 0.1) is 5.82 Å². The molecular weight excluding hydrogens is 512 g/mol. The van der Waals surface area contributed by atoms with Gasteiger partial charge in [-0.05, 0) is 48.0 Å². The molecule has 1 N–H and O–H groups in total. The van der Waals surface area contributed by atoms with E-state index in [1.807, 2.05) is 36.4 Å². The largest absolute Gasteiger partial charge is 0.406 e. The molecule has 1 unspecified atom stereocenters. The van der Waals surface area contributed by atoms with Crippen LogP contribution in [0.15, 0.2) is 71.1 Å². The van der Waals surface area contributed by atoms with Gasteiger partial charge in [-0.1, -0.05) is 64.2 Å². The van der Waals surface area contributed by atoms with Crippen LogP contribution in [0.3, 0.4) is 0 Å². The molecule has 1 aliphatic rings. The van der Waals surface area contributed by atoms with Crippen LogP contribution in [0.4, 0.5) is 21.8 Å². The molecule has 180 valence electrons. The van der Waals surface area contributed by atoms with Crippen LogP contribution in [-0.4, -0.2) is 41.3 Å². The third kappa shape index (κ3) is 5.23. The lowest BCUT2D eigenvalue weighted by Crippen LogP contribution is -2.48. The van der Waals surface area contributed by atoms with Gasteiger partial charge in [0.1, 0.15) is 11.9 Å². The van der Waals surface area contributed by atoms with E-state index in [2.05, 4.69) is 25.3 Å². The van der Waals surface area contributed by atoms with Crippen molar-refractivity contribution in [1.29, 1.82) is 0 Å². The van der Waals surface area contributed by atoms with Gasteiger partial charge in [-0.25, -0.2) is 4.39 Å². The third-order valence-corrected chi connectivity index (χ3v) is 7.07. The van der Waals surface area contributed by atoms with E-state index in [-0.39, 0.29) is 17.9 Å². The van der Waals surface area contributed by atoms with Gasteiger partial charge in [0, 0.05) is 36.9 Å². The Morgan fingerprint density at radius 3 is 2.29 bits per heavy atom. The standard InChI is InChI=1S/C25H21Cl3FN5O/c26-19-5-2-1-4-18(19)23(24-31-32-25(35-24)30-17-10-8-16(29)9-11-17)34-14-12-33(13-15-34)21-7-3-6-20(27)22(21)28/h1-11,23H,12-15H2,(H,30,32). The predicted molar refractivity (Wildman–Crippen MR) is 138 cm³/mol. The molecule has 1 aromatic heterocycles. The van der Waals surface area contributed by atoms with Crippen molar-refractivity contribution in [2.24, 2.45) is 0 Å². The molecule has 6 nitrogen and oxygen atoms in total. The van der Waals surface area contributed by atoms with Crippen LogP contribution in [0.2, 0.25) is 15.1 Å². The molecule has 10 heteroatoms. The van der Waals surface area contributed by atoms with E-state index in [4.69, 9.17) is 39.2 Å². The van der Waals surface area contributed by atoms with Crippen LogP contribution in [0.5, 0.6) is 0 Å². The first-order valence-corrected chi connectivity index (χ1v) is 12.2. The Hall–Kier alpha value is -2.84. The summed E-state index contributed by atoms with van der Waals surface area (Å²) in [6.07, 6.45) is 0. The van der Waals surface area contributed by atoms with Gasteiger partial charge in [0.2, 0.25) is 5.89 Å². The molecule has 35 heavy (non-hydrogen) atoms. The number of nitrogens with zero attached hydrogens (tertiary/aromatic N) is 4. The molecule has 0 amide bonds. The summed E-state index contributed by atoms with van der Waals surface area (Å²) < 4.78 is 19.2. The van der Waals surface area contributed by atoms with Crippen LogP contribution < -0.4 is 10.2 Å². The number of hydrogen-bond donors (Lipinski definition) is 1. The second-order valence-electron chi connectivity index (χ2n) is 8.10. The molecule has 5 rings (SSSR count). The average Bonchev–Trinajstić information content (AvgIpc) is 3.32. The fraction of sp³-hybridized carbons (Fsp3) is 0.200. The minimum absolute atomic E-state index is 0.216. The van der Waals surface area contributed by atoms with E-state index in [0.29, 0.717) is 39.7 Å². The SMILES string of the molecule is Fc1ccc(Nc2nnc(C(c3ccccc3Cl)N3CCN(c4cccc(Cl)c4Cl)CC3)o2)cc1. The summed E-state index contributed by atoms with van der Waals surface area (Å²) in [6, 6.07) is 19.1. The minimum atomic E-state index is -0.336. The van der Waals surface area contributed by atoms with E-state index in [1.165, 1.54) is 12.1 Å². The highest BCUT2D eigenvalue weighted by molar-refractivity contribution is 6.43. The second-order valence-corrected chi connectivity index (χ2v) is 9.29. The summed E-state index contributed by atoms with van der Waals surface area (Å²) >= 11 is 19.3. The van der Waals surface area contributed by atoms with Crippen molar-refractivity contribution >= 4 is 52.2 Å². The van der Waals surface area contributed by atoms with Crippen molar-refractivity contribution < 1.29 is 8.81 Å². The normalized spacial score (nSPS) is 15.3. The first-order valence-electron chi connectivity index (χ1n) is 11.0.